The second-order valence-corrected chi connectivity index (χ2v) is 14.6. The van der Waals surface area contributed by atoms with Crippen molar-refractivity contribution in [2.24, 2.45) is 10.9 Å². The number of aryl methyl sites for hydroxylation is 2. The van der Waals surface area contributed by atoms with E-state index in [4.69, 9.17) is 4.99 Å². The van der Waals surface area contributed by atoms with E-state index in [1.807, 2.05) is 0 Å². The van der Waals surface area contributed by atoms with Crippen molar-refractivity contribution in [2.45, 2.75) is 75.6 Å². The molecule has 11 nitrogen and oxygen atoms in total. The highest BCUT2D eigenvalue weighted by Gasteiger charge is 2.48. The van der Waals surface area contributed by atoms with Gasteiger partial charge in [-0.15, -0.1) is 0 Å². The van der Waals surface area contributed by atoms with E-state index in [1.165, 1.54) is 29.8 Å². The third kappa shape index (κ3) is 7.05. The van der Waals surface area contributed by atoms with Crippen LogP contribution in [-0.4, -0.2) is 76.3 Å². The van der Waals surface area contributed by atoms with Gasteiger partial charge in [0.25, 0.3) is 5.91 Å². The summed E-state index contributed by atoms with van der Waals surface area (Å²) in [6.07, 6.45) is 6.58. The van der Waals surface area contributed by atoms with Crippen molar-refractivity contribution in [1.82, 2.24) is 19.7 Å². The maximum absolute atomic E-state index is 13.1. The lowest BCUT2D eigenvalue weighted by Crippen LogP contribution is -2.51. The smallest absolute Gasteiger partial charge is 0.253 e. The number of carbonyl (C=O) groups is 2. The summed E-state index contributed by atoms with van der Waals surface area (Å²) in [7, 11) is -7.32. The summed E-state index contributed by atoms with van der Waals surface area (Å²) < 4.78 is 55.3. The van der Waals surface area contributed by atoms with Crippen LogP contribution in [0.4, 0.5) is 0 Å². The van der Waals surface area contributed by atoms with Crippen LogP contribution in [0.2, 0.25) is 0 Å². The Balaban J connectivity index is 1.32. The monoisotopic (exact) mass is 581 g/mol. The molecule has 2 fully saturated rings. The van der Waals surface area contributed by atoms with Crippen LogP contribution in [-0.2, 0) is 36.1 Å². The predicted molar refractivity (Wildman–Crippen MR) is 148 cm³/mol. The highest BCUT2D eigenvalue weighted by atomic mass is 32.2. The van der Waals surface area contributed by atoms with E-state index >= 15 is 0 Å². The zero-order valence-electron chi connectivity index (χ0n) is 22.7. The maximum Gasteiger partial charge on any atom is 0.253 e. The Morgan fingerprint density at radius 1 is 1.10 bits per heavy atom. The van der Waals surface area contributed by atoms with Gasteiger partial charge in [0, 0.05) is 39.0 Å². The highest BCUT2D eigenvalue weighted by Crippen LogP contribution is 2.35. The van der Waals surface area contributed by atoms with Crippen molar-refractivity contribution >= 4 is 37.7 Å². The van der Waals surface area contributed by atoms with E-state index in [0.717, 1.165) is 37.1 Å². The van der Waals surface area contributed by atoms with Crippen LogP contribution in [0.3, 0.4) is 0 Å². The molecule has 0 radical (unpaired) electrons. The fourth-order valence-corrected chi connectivity index (χ4v) is 8.17. The average molecular weight is 582 g/mol. The quantitative estimate of drug-likeness (QED) is 0.353. The van der Waals surface area contributed by atoms with E-state index < -0.39 is 25.6 Å². The van der Waals surface area contributed by atoms with Crippen LogP contribution in [0.5, 0.6) is 0 Å². The molecular formula is C26H39N5O6S2. The molecule has 3 N–H and O–H groups in total. The van der Waals surface area contributed by atoms with Crippen LogP contribution in [0.25, 0.3) is 0 Å². The number of amidine groups is 1. The average Bonchev–Trinajstić information content (AvgIpc) is 3.21. The number of benzene rings is 1. The molecule has 0 unspecified atom stereocenters. The Bertz CT molecular complexity index is 1330. The molecule has 1 saturated carbocycles. The molecule has 1 saturated heterocycles. The fourth-order valence-electron chi connectivity index (χ4n) is 5.58. The molecule has 0 atom stereocenters. The molecule has 4 rings (SSSR count). The summed E-state index contributed by atoms with van der Waals surface area (Å²) in [5.74, 6) is 0.642. The van der Waals surface area contributed by atoms with E-state index in [-0.39, 0.29) is 55.1 Å². The summed E-state index contributed by atoms with van der Waals surface area (Å²) in [5.41, 5.74) is 0.577. The highest BCUT2D eigenvalue weighted by molar-refractivity contribution is 7.89. The first-order valence-corrected chi connectivity index (χ1v) is 16.7. The SMILES string of the molecule is CC(=O)NCCNS(=O)(=O)c1ccc(CCS(=O)(=O)N2CCC3(CC2)N=C(C2CCCCC2)NC3=O)c(C)c1. The molecule has 0 bridgehead atoms. The van der Waals surface area contributed by atoms with E-state index in [2.05, 4.69) is 15.4 Å². The third-order valence-corrected chi connectivity index (χ3v) is 11.3. The molecule has 3 aliphatic rings. The summed E-state index contributed by atoms with van der Waals surface area (Å²) in [5, 5.41) is 5.53. The van der Waals surface area contributed by atoms with Gasteiger partial charge >= 0.3 is 0 Å². The van der Waals surface area contributed by atoms with E-state index in [9.17, 15) is 26.4 Å². The van der Waals surface area contributed by atoms with Crippen LogP contribution in [0.1, 0.15) is 63.0 Å². The molecule has 1 aromatic carbocycles. The zero-order chi connectivity index (χ0) is 28.3. The van der Waals surface area contributed by atoms with Crippen molar-refractivity contribution in [3.8, 4) is 0 Å². The number of carbonyl (C=O) groups excluding carboxylic acids is 2. The van der Waals surface area contributed by atoms with Crippen molar-refractivity contribution < 1.29 is 26.4 Å². The Morgan fingerprint density at radius 2 is 1.79 bits per heavy atom. The molecule has 1 aromatic rings. The number of hydrogen-bond donors (Lipinski definition) is 3. The lowest BCUT2D eigenvalue weighted by Gasteiger charge is -2.34. The maximum atomic E-state index is 13.1. The molecule has 1 spiro atoms. The summed E-state index contributed by atoms with van der Waals surface area (Å²) in [4.78, 5) is 28.7. The third-order valence-electron chi connectivity index (χ3n) is 7.98. The van der Waals surface area contributed by atoms with Crippen LogP contribution >= 0.6 is 0 Å². The van der Waals surface area contributed by atoms with Gasteiger partial charge in [-0.1, -0.05) is 25.3 Å². The van der Waals surface area contributed by atoms with Crippen LogP contribution in [0.15, 0.2) is 28.1 Å². The molecule has 0 aromatic heterocycles. The Kier molecular flexibility index (Phi) is 9.14. The van der Waals surface area contributed by atoms with Gasteiger partial charge < -0.3 is 10.6 Å². The summed E-state index contributed by atoms with van der Waals surface area (Å²) in [6.45, 7) is 3.85. The first-order chi connectivity index (χ1) is 18.4. The summed E-state index contributed by atoms with van der Waals surface area (Å²) in [6, 6.07) is 4.62. The van der Waals surface area contributed by atoms with Crippen molar-refractivity contribution in [1.29, 1.82) is 0 Å². The van der Waals surface area contributed by atoms with Crippen molar-refractivity contribution in [2.75, 3.05) is 31.9 Å². The number of sulfonamides is 2. The number of nitrogens with zero attached hydrogens (tertiary/aromatic N) is 2. The molecule has 2 heterocycles. The van der Waals surface area contributed by atoms with Crippen molar-refractivity contribution in [3.05, 3.63) is 29.3 Å². The minimum atomic E-state index is -3.76. The topological polar surface area (TPSA) is 154 Å². The minimum Gasteiger partial charge on any atom is -0.355 e. The van der Waals surface area contributed by atoms with Crippen LogP contribution < -0.4 is 15.4 Å². The van der Waals surface area contributed by atoms with Gasteiger partial charge in [0.05, 0.1) is 10.6 Å². The zero-order valence-corrected chi connectivity index (χ0v) is 24.3. The van der Waals surface area contributed by atoms with E-state index in [1.54, 1.807) is 13.0 Å². The Hall–Kier alpha value is -2.35. The lowest BCUT2D eigenvalue weighted by atomic mass is 9.88. The number of piperidine rings is 1. The molecule has 2 amide bonds. The van der Waals surface area contributed by atoms with Gasteiger partial charge in [-0.25, -0.2) is 25.9 Å². The number of aliphatic imine (C=N–C) groups is 1. The predicted octanol–water partition coefficient (Wildman–Crippen LogP) is 1.22. The Labute approximate surface area is 231 Å². The van der Waals surface area contributed by atoms with Gasteiger partial charge in [0.2, 0.25) is 26.0 Å². The number of rotatable bonds is 10. The number of amides is 2. The molecular weight excluding hydrogens is 542 g/mol. The minimum absolute atomic E-state index is 0.0624. The first kappa shape index (κ1) is 29.6. The lowest BCUT2D eigenvalue weighted by molar-refractivity contribution is -0.125. The molecule has 13 heteroatoms. The van der Waals surface area contributed by atoms with E-state index in [0.29, 0.717) is 24.3 Å². The normalized spacial score (nSPS) is 20.6. The largest absolute Gasteiger partial charge is 0.355 e. The molecule has 216 valence electrons. The molecule has 39 heavy (non-hydrogen) atoms. The molecule has 1 aliphatic carbocycles. The Morgan fingerprint density at radius 3 is 2.44 bits per heavy atom. The van der Waals surface area contributed by atoms with Gasteiger partial charge in [0.1, 0.15) is 11.4 Å². The van der Waals surface area contributed by atoms with Gasteiger partial charge in [0.15, 0.2) is 0 Å². The fraction of sp³-hybridized carbons (Fsp3) is 0.654. The molecule has 2 aliphatic heterocycles. The van der Waals surface area contributed by atoms with Gasteiger partial charge in [-0.2, -0.15) is 0 Å². The van der Waals surface area contributed by atoms with Crippen LogP contribution in [0, 0.1) is 12.8 Å². The standard InChI is InChI=1S/C26H39N5O6S2/c1-19-18-23(39(36,37)28-14-13-27-20(2)32)9-8-21(19)10-17-38(34,35)31-15-11-26(12-16-31)25(33)29-24(30-26)22-6-4-3-5-7-22/h8-9,18,22,28H,3-7,10-17H2,1-2H3,(H,27,32)(H,29,30,33). The van der Waals surface area contributed by atoms with Crippen molar-refractivity contribution in [3.63, 3.8) is 0 Å². The second kappa shape index (κ2) is 12.0. The summed E-state index contributed by atoms with van der Waals surface area (Å²) >= 11 is 0. The number of nitrogens with one attached hydrogen (secondary N) is 3. The first-order valence-electron chi connectivity index (χ1n) is 13.6. The van der Waals surface area contributed by atoms with Gasteiger partial charge in [-0.05, 0) is 62.3 Å². The van der Waals surface area contributed by atoms with Gasteiger partial charge in [-0.3, -0.25) is 14.6 Å². The second-order valence-electron chi connectivity index (χ2n) is 10.8. The number of hydrogen-bond acceptors (Lipinski definition) is 7.